The van der Waals surface area contributed by atoms with Crippen LogP contribution in [0, 0.1) is 48.7 Å². The summed E-state index contributed by atoms with van der Waals surface area (Å²) in [5.41, 5.74) is 12.4. The maximum absolute atomic E-state index is 15.0. The van der Waals surface area contributed by atoms with Crippen molar-refractivity contribution >= 4 is 74.0 Å². The highest BCUT2D eigenvalue weighted by Gasteiger charge is 2.66. The van der Waals surface area contributed by atoms with Crippen LogP contribution in [-0.4, -0.2) is 104 Å². The van der Waals surface area contributed by atoms with E-state index in [-0.39, 0.29) is 55.8 Å². The first-order chi connectivity index (χ1) is 53.4. The van der Waals surface area contributed by atoms with Crippen molar-refractivity contribution in [1.29, 1.82) is 0 Å². The van der Waals surface area contributed by atoms with Crippen molar-refractivity contribution < 1.29 is 72.1 Å². The van der Waals surface area contributed by atoms with Crippen LogP contribution in [0.2, 0.25) is 0 Å². The largest absolute Gasteiger partial charge is 0.489 e. The van der Waals surface area contributed by atoms with Gasteiger partial charge in [0.2, 0.25) is 29.5 Å². The first kappa shape index (κ1) is 75.9. The van der Waals surface area contributed by atoms with Gasteiger partial charge in [-0.2, -0.15) is 0 Å². The molecule has 4 fully saturated rings. The van der Waals surface area contributed by atoms with E-state index in [1.165, 1.54) is 31.4 Å². The Hall–Kier alpha value is -12.4. The molecule has 5 heterocycles. The fraction of sp³-hybridized carbons (Fsp3) is 0.262. The number of benzene rings is 7. The summed E-state index contributed by atoms with van der Waals surface area (Å²) >= 11 is 0. The van der Waals surface area contributed by atoms with E-state index < -0.39 is 63.5 Å². The number of nitrogens with zero attached hydrogens (tertiary/aromatic N) is 5. The summed E-state index contributed by atoms with van der Waals surface area (Å²) in [6.07, 6.45) is 4.18. The highest BCUT2D eigenvalue weighted by Crippen LogP contribution is 2.58. The highest BCUT2D eigenvalue weighted by atomic mass is 19.1. The molecule has 11 aromatic rings. The van der Waals surface area contributed by atoms with E-state index in [1.807, 2.05) is 135 Å². The number of ether oxygens (including phenoxy) is 4. The molecule has 3 aliphatic carbocycles. The van der Waals surface area contributed by atoms with Crippen LogP contribution in [-0.2, 0) is 83.7 Å². The number of halogens is 2. The lowest BCUT2D eigenvalue weighted by Gasteiger charge is -2.29. The monoisotopic (exact) mass is 1490 g/mol. The number of hydrogen-bond acceptors (Lipinski definition) is 19. The Bertz CT molecular complexity index is 5250. The number of nitrogens with one attached hydrogen (secondary N) is 6. The van der Waals surface area contributed by atoms with Gasteiger partial charge in [0, 0.05) is 95.9 Å². The molecule has 1 aliphatic heterocycles. The van der Waals surface area contributed by atoms with Gasteiger partial charge in [-0.05, 0) is 164 Å². The maximum atomic E-state index is 15.0. The van der Waals surface area contributed by atoms with Gasteiger partial charge < -0.3 is 39.8 Å². The van der Waals surface area contributed by atoms with E-state index in [2.05, 4.69) is 35.8 Å². The second-order valence-corrected chi connectivity index (χ2v) is 27.8. The van der Waals surface area contributed by atoms with Gasteiger partial charge in [0.25, 0.3) is 0 Å². The maximum Gasteiger partial charge on any atom is 0.312 e. The average molecular weight is 1490 g/mol. The number of aromatic nitrogens is 4. The number of aryl methyl sites for hydroxylation is 2. The van der Waals surface area contributed by atoms with Gasteiger partial charge in [-0.1, -0.05) is 97.1 Å². The summed E-state index contributed by atoms with van der Waals surface area (Å²) < 4.78 is 51.3. The molecule has 1 saturated heterocycles. The number of amides is 5. The molecule has 5 amide bonds. The van der Waals surface area contributed by atoms with Crippen molar-refractivity contribution in [1.82, 2.24) is 52.3 Å². The van der Waals surface area contributed by atoms with Crippen LogP contribution in [0.1, 0.15) is 75.2 Å². The predicted molar refractivity (Wildman–Crippen MR) is 402 cm³/mol. The molecule has 4 aromatic heterocycles. The van der Waals surface area contributed by atoms with Crippen LogP contribution in [0.4, 0.5) is 14.6 Å². The summed E-state index contributed by atoms with van der Waals surface area (Å²) in [6.45, 7) is 8.65. The molecule has 15 rings (SSSR count). The Morgan fingerprint density at radius 1 is 0.509 bits per heavy atom. The van der Waals surface area contributed by atoms with E-state index in [1.54, 1.807) is 77.4 Å². The Kier molecular flexibility index (Phi) is 23.0. The van der Waals surface area contributed by atoms with Gasteiger partial charge >= 0.3 is 5.97 Å². The van der Waals surface area contributed by atoms with E-state index in [9.17, 15) is 43.6 Å². The molecule has 0 bridgehead atoms. The lowest BCUT2D eigenvalue weighted by atomic mass is 9.91. The van der Waals surface area contributed by atoms with Crippen LogP contribution < -0.4 is 51.5 Å². The summed E-state index contributed by atoms with van der Waals surface area (Å²) in [6, 6.07) is 57.9. The minimum absolute atomic E-state index is 0.0842. The Balaban J connectivity index is 0.000000145. The number of anilines is 1. The Morgan fingerprint density at radius 3 is 1.47 bits per heavy atom. The summed E-state index contributed by atoms with van der Waals surface area (Å²) in [7, 11) is 1.24. The topological polar surface area (TPSA) is 327 Å². The average Bonchev–Trinajstić information content (AvgIpc) is 1.98. The number of piperazine rings is 1. The number of methoxy groups -OCH3 is 1. The van der Waals surface area contributed by atoms with Gasteiger partial charge in [-0.15, -0.1) is 0 Å². The predicted octanol–water partition coefficient (Wildman–Crippen LogP) is 10.5. The number of carbonyl (C=O) groups excluding carboxylic acids is 6. The lowest BCUT2D eigenvalue weighted by Crippen LogP contribution is -2.43. The fourth-order valence-electron chi connectivity index (χ4n) is 14.7. The molecule has 6 atom stereocenters. The van der Waals surface area contributed by atoms with Crippen molar-refractivity contribution in [2.24, 2.45) is 23.2 Å². The van der Waals surface area contributed by atoms with E-state index in [4.69, 9.17) is 29.1 Å². The van der Waals surface area contributed by atoms with E-state index in [0.717, 1.165) is 104 Å². The first-order valence-corrected chi connectivity index (χ1v) is 35.9. The quantitative estimate of drug-likeness (QED) is 0.0154. The second kappa shape index (κ2) is 33.4. The highest BCUT2D eigenvalue weighted by molar-refractivity contribution is 6.02. The van der Waals surface area contributed by atoms with Gasteiger partial charge in [0.1, 0.15) is 43.0 Å². The number of fused-ring (bicyclic) bond motifs is 3. The molecule has 3 saturated carbocycles. The molecule has 0 radical (unpaired) electrons. The Morgan fingerprint density at radius 2 is 0.973 bits per heavy atom. The van der Waals surface area contributed by atoms with Crippen LogP contribution in [0.5, 0.6) is 17.2 Å². The smallest absolute Gasteiger partial charge is 0.312 e. The van der Waals surface area contributed by atoms with Crippen LogP contribution >= 0.6 is 0 Å². The van der Waals surface area contributed by atoms with Crippen molar-refractivity contribution in [3.05, 3.63) is 274 Å². The molecular weight excluding hydrogens is 1410 g/mol. The summed E-state index contributed by atoms with van der Waals surface area (Å²) in [4.78, 5) is 95.8. The third kappa shape index (κ3) is 16.7. The van der Waals surface area contributed by atoms with E-state index in [0.29, 0.717) is 54.4 Å². The number of carbonyl (C=O) groups is 6. The number of esters is 1. The number of pyridine rings is 4. The molecular formula is C84H81F2N11O13. The van der Waals surface area contributed by atoms with Gasteiger partial charge in [0.05, 0.1) is 57.7 Å². The van der Waals surface area contributed by atoms with Crippen molar-refractivity contribution in [3.63, 3.8) is 0 Å². The van der Waals surface area contributed by atoms with Gasteiger partial charge in [-0.25, -0.2) is 30.2 Å². The normalized spacial score (nSPS) is 19.2. The molecule has 26 heteroatoms. The van der Waals surface area contributed by atoms with Gasteiger partial charge in [-0.3, -0.25) is 59.3 Å². The molecule has 4 aliphatic rings. The molecule has 7 aromatic carbocycles. The van der Waals surface area contributed by atoms with Crippen LogP contribution in [0.3, 0.4) is 0 Å². The minimum Gasteiger partial charge on any atom is -0.489 e. The van der Waals surface area contributed by atoms with Crippen molar-refractivity contribution in [3.8, 4) is 17.2 Å². The molecule has 564 valence electrons. The lowest BCUT2D eigenvalue weighted by molar-refractivity contribution is -0.149. The minimum atomic E-state index is -1.15. The number of hydroxylamine groups is 3. The molecule has 0 spiro atoms. The summed E-state index contributed by atoms with van der Waals surface area (Å²) in [5, 5.41) is 39.5. The second-order valence-electron chi connectivity index (χ2n) is 27.8. The standard InChI is InChI=1S/C29H26FN3O4.C28H26N4O4.C27H29FN4O5/c1-18-13-20(24-7-2-3-8-26(24)32-18)17-37-23-6-4-5-21(14-23)29(15-25(29)27(34)33-36)28(35)31-16-19-9-11-22(30)12-10-19;1-18-13-20(23-7-2-3-8-25(23)31-18)17-36-22-6-4-5-21(14-22)28(15-24(28)26(33)32-35)27(34)30-16-19-9-11-29-12-10-19;1-36-26(34)27(15-20(27)25(33)31-35)14-17-6-7-23(21(28)12-17)37-16-18-13-24(32-10-8-29-9-11-32)30-22-5-3-2-4-19(18)22/h2-14,25,36H,15-17H2,1H3,(H,31,35)(H,33,34);2-14,24,35H,15-17H2,1H3,(H,30,34)(H,32,33);2-7,12-13,20,29,35H,8-11,14-16H2,1H3,(H,31,33)/t25-,29-;24-,28-;20-,27+/m001/s1. The van der Waals surface area contributed by atoms with Crippen molar-refractivity contribution in [2.75, 3.05) is 38.2 Å². The van der Waals surface area contributed by atoms with Crippen LogP contribution in [0.25, 0.3) is 32.7 Å². The van der Waals surface area contributed by atoms with E-state index >= 15 is 4.39 Å². The molecule has 110 heavy (non-hydrogen) atoms. The Labute approximate surface area is 631 Å². The zero-order valence-corrected chi connectivity index (χ0v) is 60.5. The molecule has 0 unspecified atom stereocenters. The zero-order chi connectivity index (χ0) is 77.1. The molecule has 24 nitrogen and oxygen atoms in total. The van der Waals surface area contributed by atoms with Crippen LogP contribution in [0.15, 0.2) is 207 Å². The zero-order valence-electron chi connectivity index (χ0n) is 60.5. The number of para-hydroxylation sites is 3. The SMILES string of the molecule is COC(=O)[C@@]1(Cc2ccc(OCc3cc(N4CCNCC4)nc4ccccc34)c(F)c2)C[C@@H]1C(=O)NO.Cc1cc(COc2cccc([C@@]3(C(=O)NCc4ccc(F)cc4)C[C@H]3C(=O)NO)c2)c2ccccc2n1.Cc1cc(COc2cccc([C@@]3(C(=O)NCc4ccncc4)C[C@H]3C(=O)NO)c2)c2ccccc2n1. The fourth-order valence-corrected chi connectivity index (χ4v) is 14.7. The number of rotatable bonds is 24. The van der Waals surface area contributed by atoms with Crippen molar-refractivity contribution in [2.45, 2.75) is 83.3 Å². The number of hydrogen-bond donors (Lipinski definition) is 9. The first-order valence-electron chi connectivity index (χ1n) is 35.9. The van der Waals surface area contributed by atoms with Gasteiger partial charge in [0.15, 0.2) is 11.6 Å². The molecule has 9 N–H and O–H groups in total. The third-order valence-electron chi connectivity index (χ3n) is 20.7. The third-order valence-corrected chi connectivity index (χ3v) is 20.7. The summed E-state index contributed by atoms with van der Waals surface area (Å²) in [5.74, 6) is -4.03.